The van der Waals surface area contributed by atoms with Crippen LogP contribution in [-0.2, 0) is 11.3 Å². The first kappa shape index (κ1) is 18.5. The number of nitrogens with one attached hydrogen (secondary N) is 2. The Labute approximate surface area is 167 Å². The topological polar surface area (TPSA) is 89.6 Å². The fourth-order valence-corrected chi connectivity index (χ4v) is 2.93. The first-order valence-electron chi connectivity index (χ1n) is 9.16. The molecule has 7 nitrogen and oxygen atoms in total. The summed E-state index contributed by atoms with van der Waals surface area (Å²) in [6.45, 7) is 0.434. The number of rotatable bonds is 5. The fraction of sp³-hybridized carbons (Fsp3) is 0.136. The Morgan fingerprint density at radius 3 is 2.62 bits per heavy atom. The summed E-state index contributed by atoms with van der Waals surface area (Å²) in [5.41, 5.74) is 1.65. The van der Waals surface area contributed by atoms with Crippen molar-refractivity contribution in [2.24, 2.45) is 0 Å². The van der Waals surface area contributed by atoms with E-state index >= 15 is 0 Å². The van der Waals surface area contributed by atoms with Gasteiger partial charge in [-0.2, -0.15) is 0 Å². The summed E-state index contributed by atoms with van der Waals surface area (Å²) in [4.78, 5) is 29.3. The third-order valence-corrected chi connectivity index (χ3v) is 4.41. The van der Waals surface area contributed by atoms with E-state index in [4.69, 9.17) is 9.47 Å². The maximum absolute atomic E-state index is 12.7. The maximum Gasteiger partial charge on any atom is 0.269 e. The lowest BCUT2D eigenvalue weighted by Gasteiger charge is -2.25. The molecule has 146 valence electrons. The second-order valence-electron chi connectivity index (χ2n) is 6.44. The highest BCUT2D eigenvalue weighted by Gasteiger charge is 2.28. The molecule has 3 aromatic rings. The third kappa shape index (κ3) is 4.35. The van der Waals surface area contributed by atoms with Gasteiger partial charge in [-0.05, 0) is 35.9 Å². The van der Waals surface area contributed by atoms with Gasteiger partial charge in [0.25, 0.3) is 11.8 Å². The van der Waals surface area contributed by atoms with E-state index in [0.717, 1.165) is 5.56 Å². The van der Waals surface area contributed by atoms with Crippen molar-refractivity contribution in [2.75, 3.05) is 11.9 Å². The van der Waals surface area contributed by atoms with Crippen LogP contribution in [0.4, 0.5) is 5.69 Å². The molecular formula is C22H19N3O4. The molecule has 0 aliphatic carbocycles. The number of carbonyl (C=O) groups is 2. The molecule has 29 heavy (non-hydrogen) atoms. The van der Waals surface area contributed by atoms with Crippen molar-refractivity contribution in [3.8, 4) is 11.5 Å². The average Bonchev–Trinajstić information content (AvgIpc) is 2.78. The van der Waals surface area contributed by atoms with Crippen LogP contribution in [-0.4, -0.2) is 29.5 Å². The second kappa shape index (κ2) is 8.43. The van der Waals surface area contributed by atoms with Crippen LogP contribution >= 0.6 is 0 Å². The summed E-state index contributed by atoms with van der Waals surface area (Å²) in [7, 11) is 0. The fourth-order valence-electron chi connectivity index (χ4n) is 2.93. The minimum atomic E-state index is -0.809. The molecule has 0 saturated carbocycles. The number of pyridine rings is 1. The highest BCUT2D eigenvalue weighted by atomic mass is 16.6. The molecule has 0 radical (unpaired) electrons. The first-order valence-corrected chi connectivity index (χ1v) is 9.16. The van der Waals surface area contributed by atoms with Crippen molar-refractivity contribution in [2.45, 2.75) is 12.6 Å². The van der Waals surface area contributed by atoms with Crippen molar-refractivity contribution < 1.29 is 19.1 Å². The molecule has 2 aromatic carbocycles. The van der Waals surface area contributed by atoms with Gasteiger partial charge < -0.3 is 20.1 Å². The number of anilines is 1. The van der Waals surface area contributed by atoms with Gasteiger partial charge in [-0.15, -0.1) is 0 Å². The zero-order chi connectivity index (χ0) is 20.1. The molecule has 1 aliphatic heterocycles. The zero-order valence-corrected chi connectivity index (χ0v) is 15.5. The Morgan fingerprint density at radius 2 is 1.79 bits per heavy atom. The highest BCUT2D eigenvalue weighted by Crippen LogP contribution is 2.31. The van der Waals surface area contributed by atoms with Crippen LogP contribution < -0.4 is 20.1 Å². The van der Waals surface area contributed by atoms with Crippen LogP contribution in [0, 0.1) is 0 Å². The van der Waals surface area contributed by atoms with Gasteiger partial charge in [0.05, 0.1) is 11.3 Å². The molecule has 4 rings (SSSR count). The largest absolute Gasteiger partial charge is 0.485 e. The van der Waals surface area contributed by atoms with E-state index in [0.29, 0.717) is 29.3 Å². The molecule has 0 bridgehead atoms. The van der Waals surface area contributed by atoms with E-state index in [1.165, 1.54) is 0 Å². The molecular weight excluding hydrogens is 370 g/mol. The molecule has 1 aliphatic rings. The summed E-state index contributed by atoms with van der Waals surface area (Å²) in [5.74, 6) is 0.441. The normalized spacial score (nSPS) is 14.7. The Bertz CT molecular complexity index is 1020. The molecule has 0 fully saturated rings. The number of benzene rings is 2. The Hall–Kier alpha value is -3.87. The van der Waals surface area contributed by atoms with Crippen molar-refractivity contribution in [1.82, 2.24) is 10.3 Å². The number of carbonyl (C=O) groups excluding carboxylic acids is 2. The standard InChI is InChI=1S/C22H19N3O4/c26-21(24-13-15-6-5-11-23-12-15)16-7-1-2-8-17(16)25-22(27)20-14-28-18-9-3-4-10-19(18)29-20/h1-12,20H,13-14H2,(H,24,26)(H,25,27). The number of aromatic nitrogens is 1. The van der Waals surface area contributed by atoms with Crippen molar-refractivity contribution in [3.05, 3.63) is 84.2 Å². The van der Waals surface area contributed by atoms with E-state index in [1.807, 2.05) is 18.2 Å². The SMILES string of the molecule is O=C(NCc1cccnc1)c1ccccc1NC(=O)C1COc2ccccc2O1. The van der Waals surface area contributed by atoms with Gasteiger partial charge >= 0.3 is 0 Å². The van der Waals surface area contributed by atoms with Gasteiger partial charge in [0.1, 0.15) is 6.61 Å². The monoisotopic (exact) mass is 389 g/mol. The van der Waals surface area contributed by atoms with Crippen LogP contribution in [0.5, 0.6) is 11.5 Å². The molecule has 2 N–H and O–H groups in total. The third-order valence-electron chi connectivity index (χ3n) is 4.41. The predicted octanol–water partition coefficient (Wildman–Crippen LogP) is 2.79. The van der Waals surface area contributed by atoms with Gasteiger partial charge in [-0.1, -0.05) is 30.3 Å². The number of nitrogens with zero attached hydrogens (tertiary/aromatic N) is 1. The molecule has 2 heterocycles. The smallest absolute Gasteiger partial charge is 0.269 e. The van der Waals surface area contributed by atoms with Gasteiger partial charge in [0, 0.05) is 18.9 Å². The molecule has 1 atom stereocenters. The molecule has 0 saturated heterocycles. The molecule has 7 heteroatoms. The van der Waals surface area contributed by atoms with Gasteiger partial charge in [0.15, 0.2) is 11.5 Å². The van der Waals surface area contributed by atoms with Crippen LogP contribution in [0.15, 0.2) is 73.1 Å². The van der Waals surface area contributed by atoms with Crippen molar-refractivity contribution >= 4 is 17.5 Å². The van der Waals surface area contributed by atoms with E-state index in [9.17, 15) is 9.59 Å². The zero-order valence-electron chi connectivity index (χ0n) is 15.5. The summed E-state index contributed by atoms with van der Waals surface area (Å²) in [6.07, 6.45) is 2.55. The van der Waals surface area contributed by atoms with E-state index in [1.54, 1.807) is 54.9 Å². The number of fused-ring (bicyclic) bond motifs is 1. The molecule has 0 spiro atoms. The number of ether oxygens (including phenoxy) is 2. The van der Waals surface area contributed by atoms with Gasteiger partial charge in [0.2, 0.25) is 6.10 Å². The Kier molecular flexibility index (Phi) is 5.38. The van der Waals surface area contributed by atoms with Crippen molar-refractivity contribution in [1.29, 1.82) is 0 Å². The summed E-state index contributed by atoms with van der Waals surface area (Å²) in [6, 6.07) is 17.7. The molecule has 1 unspecified atom stereocenters. The Morgan fingerprint density at radius 1 is 1.00 bits per heavy atom. The lowest BCUT2D eigenvalue weighted by atomic mass is 10.1. The van der Waals surface area contributed by atoms with Crippen LogP contribution in [0.1, 0.15) is 15.9 Å². The van der Waals surface area contributed by atoms with E-state index in [-0.39, 0.29) is 18.4 Å². The summed E-state index contributed by atoms with van der Waals surface area (Å²) >= 11 is 0. The molecule has 2 amide bonds. The van der Waals surface area contributed by atoms with E-state index < -0.39 is 6.10 Å². The average molecular weight is 389 g/mol. The van der Waals surface area contributed by atoms with Crippen molar-refractivity contribution in [3.63, 3.8) is 0 Å². The van der Waals surface area contributed by atoms with Gasteiger partial charge in [-0.25, -0.2) is 0 Å². The van der Waals surface area contributed by atoms with Gasteiger partial charge in [-0.3, -0.25) is 14.6 Å². The second-order valence-corrected chi connectivity index (χ2v) is 6.44. The number of amides is 2. The summed E-state index contributed by atoms with van der Waals surface area (Å²) in [5, 5.41) is 5.61. The first-order chi connectivity index (χ1) is 14.2. The highest BCUT2D eigenvalue weighted by molar-refractivity contribution is 6.04. The summed E-state index contributed by atoms with van der Waals surface area (Å²) < 4.78 is 11.3. The maximum atomic E-state index is 12.7. The number of hydrogen-bond donors (Lipinski definition) is 2. The minimum absolute atomic E-state index is 0.0955. The molecule has 1 aromatic heterocycles. The predicted molar refractivity (Wildman–Crippen MR) is 107 cm³/mol. The number of para-hydroxylation sites is 3. The van der Waals surface area contributed by atoms with E-state index in [2.05, 4.69) is 15.6 Å². The minimum Gasteiger partial charge on any atom is -0.485 e. The lowest BCUT2D eigenvalue weighted by Crippen LogP contribution is -2.40. The van der Waals surface area contributed by atoms with Crippen LogP contribution in [0.2, 0.25) is 0 Å². The number of hydrogen-bond acceptors (Lipinski definition) is 5. The lowest BCUT2D eigenvalue weighted by molar-refractivity contribution is -0.125. The quantitative estimate of drug-likeness (QED) is 0.700. The Balaban J connectivity index is 1.43. The van der Waals surface area contributed by atoms with Crippen LogP contribution in [0.3, 0.4) is 0 Å². The van der Waals surface area contributed by atoms with Crippen LogP contribution in [0.25, 0.3) is 0 Å².